The molecule has 2 rings (SSSR count). The number of carboxylic acids is 1. The Bertz CT molecular complexity index is 626. The first-order chi connectivity index (χ1) is 8.49. The van der Waals surface area contributed by atoms with Crippen molar-refractivity contribution in [3.05, 3.63) is 47.2 Å². The molecule has 4 nitrogen and oxygen atoms in total. The molecule has 0 spiro atoms. The lowest BCUT2D eigenvalue weighted by atomic mass is 10.0. The fraction of sp³-hybridized carbons (Fsp3) is 0.154. The molecule has 92 valence electrons. The predicted molar refractivity (Wildman–Crippen MR) is 63.9 cm³/mol. The Labute approximate surface area is 103 Å². The molecule has 0 aliphatic heterocycles. The second kappa shape index (κ2) is 4.52. The van der Waals surface area contributed by atoms with Gasteiger partial charge in [0.15, 0.2) is 0 Å². The average molecular weight is 246 g/mol. The molecular formula is C13H11FN2O2. The third-order valence-corrected chi connectivity index (χ3v) is 2.51. The summed E-state index contributed by atoms with van der Waals surface area (Å²) in [6, 6.07) is 5.69. The van der Waals surface area contributed by atoms with Gasteiger partial charge in [0.1, 0.15) is 17.2 Å². The number of aromatic nitrogens is 2. The summed E-state index contributed by atoms with van der Waals surface area (Å²) in [5.74, 6) is -1.10. The van der Waals surface area contributed by atoms with Crippen molar-refractivity contribution >= 4 is 5.97 Å². The number of aromatic carboxylic acids is 1. The fourth-order valence-corrected chi connectivity index (χ4v) is 1.81. The van der Waals surface area contributed by atoms with Crippen LogP contribution < -0.4 is 0 Å². The molecule has 1 aromatic carbocycles. The van der Waals surface area contributed by atoms with Crippen molar-refractivity contribution in [2.45, 2.75) is 13.8 Å². The zero-order chi connectivity index (χ0) is 13.3. The van der Waals surface area contributed by atoms with Crippen molar-refractivity contribution < 1.29 is 14.3 Å². The molecule has 0 unspecified atom stereocenters. The van der Waals surface area contributed by atoms with Crippen LogP contribution in [-0.2, 0) is 0 Å². The van der Waals surface area contributed by atoms with E-state index >= 15 is 0 Å². The maximum Gasteiger partial charge on any atom is 0.339 e. The van der Waals surface area contributed by atoms with E-state index in [1.807, 2.05) is 0 Å². The van der Waals surface area contributed by atoms with Crippen molar-refractivity contribution in [1.82, 2.24) is 9.97 Å². The standard InChI is InChI=1S/C13H11FN2O2/c1-7-11(13(17)18)12(16-8(2)15-7)9-4-3-5-10(14)6-9/h3-6H,1-2H3,(H,17,18). The van der Waals surface area contributed by atoms with Gasteiger partial charge in [-0.3, -0.25) is 0 Å². The lowest BCUT2D eigenvalue weighted by Crippen LogP contribution is -2.08. The van der Waals surface area contributed by atoms with E-state index in [4.69, 9.17) is 0 Å². The Balaban J connectivity index is 2.73. The van der Waals surface area contributed by atoms with E-state index in [-0.39, 0.29) is 11.3 Å². The minimum atomic E-state index is -1.12. The van der Waals surface area contributed by atoms with Crippen LogP contribution in [0.2, 0.25) is 0 Å². The average Bonchev–Trinajstić information content (AvgIpc) is 2.27. The van der Waals surface area contributed by atoms with Crippen molar-refractivity contribution in [2.24, 2.45) is 0 Å². The normalized spacial score (nSPS) is 10.4. The maximum atomic E-state index is 13.2. The predicted octanol–water partition coefficient (Wildman–Crippen LogP) is 2.60. The van der Waals surface area contributed by atoms with Gasteiger partial charge in [-0.1, -0.05) is 12.1 Å². The summed E-state index contributed by atoms with van der Waals surface area (Å²) >= 11 is 0. The molecule has 0 fully saturated rings. The molecule has 5 heteroatoms. The van der Waals surface area contributed by atoms with E-state index in [0.717, 1.165) is 0 Å². The zero-order valence-corrected chi connectivity index (χ0v) is 9.94. The molecule has 0 radical (unpaired) electrons. The summed E-state index contributed by atoms with van der Waals surface area (Å²) in [5.41, 5.74) is 1.05. The molecule has 0 saturated heterocycles. The molecule has 0 saturated carbocycles. The van der Waals surface area contributed by atoms with Crippen molar-refractivity contribution in [1.29, 1.82) is 0 Å². The molecule has 2 aromatic rings. The third kappa shape index (κ3) is 2.20. The van der Waals surface area contributed by atoms with Crippen LogP contribution in [0, 0.1) is 19.7 Å². The maximum absolute atomic E-state index is 13.2. The summed E-state index contributed by atoms with van der Waals surface area (Å²) in [5, 5.41) is 9.19. The van der Waals surface area contributed by atoms with E-state index in [9.17, 15) is 14.3 Å². The first-order valence-electron chi connectivity index (χ1n) is 5.33. The van der Waals surface area contributed by atoms with Gasteiger partial charge in [-0.05, 0) is 26.0 Å². The number of halogens is 1. The van der Waals surface area contributed by atoms with E-state index in [2.05, 4.69) is 9.97 Å². The lowest BCUT2D eigenvalue weighted by molar-refractivity contribution is 0.0696. The number of hydrogen-bond acceptors (Lipinski definition) is 3. The number of aryl methyl sites for hydroxylation is 2. The van der Waals surface area contributed by atoms with E-state index < -0.39 is 11.8 Å². The first kappa shape index (κ1) is 12.2. The van der Waals surface area contributed by atoms with Gasteiger partial charge in [0.25, 0.3) is 0 Å². The van der Waals surface area contributed by atoms with Crippen LogP contribution in [0.15, 0.2) is 24.3 Å². The summed E-state index contributed by atoms with van der Waals surface area (Å²) in [6.07, 6.45) is 0. The number of benzene rings is 1. The minimum Gasteiger partial charge on any atom is -0.478 e. The quantitative estimate of drug-likeness (QED) is 0.884. The molecule has 1 aromatic heterocycles. The highest BCUT2D eigenvalue weighted by molar-refractivity contribution is 5.95. The molecule has 0 aliphatic carbocycles. The van der Waals surface area contributed by atoms with E-state index in [1.165, 1.54) is 18.2 Å². The van der Waals surface area contributed by atoms with Crippen LogP contribution >= 0.6 is 0 Å². The Morgan fingerprint density at radius 2 is 2.00 bits per heavy atom. The number of rotatable bonds is 2. The van der Waals surface area contributed by atoms with Crippen molar-refractivity contribution in [2.75, 3.05) is 0 Å². The second-order valence-electron chi connectivity index (χ2n) is 3.90. The molecule has 0 atom stereocenters. The van der Waals surface area contributed by atoms with Gasteiger partial charge >= 0.3 is 5.97 Å². The number of carbonyl (C=O) groups is 1. The van der Waals surface area contributed by atoms with Gasteiger partial charge in [-0.15, -0.1) is 0 Å². The Morgan fingerprint density at radius 3 is 2.61 bits per heavy atom. The molecule has 1 N–H and O–H groups in total. The van der Waals surface area contributed by atoms with Gasteiger partial charge in [0.2, 0.25) is 0 Å². The molecule has 0 bridgehead atoms. The first-order valence-corrected chi connectivity index (χ1v) is 5.33. The number of carboxylic acid groups (broad SMARTS) is 1. The molecule has 0 amide bonds. The summed E-state index contributed by atoms with van der Waals surface area (Å²) in [6.45, 7) is 3.27. The topological polar surface area (TPSA) is 63.1 Å². The monoisotopic (exact) mass is 246 g/mol. The molecule has 18 heavy (non-hydrogen) atoms. The number of nitrogens with zero attached hydrogens (tertiary/aromatic N) is 2. The van der Waals surface area contributed by atoms with E-state index in [0.29, 0.717) is 17.1 Å². The highest BCUT2D eigenvalue weighted by Gasteiger charge is 2.18. The van der Waals surface area contributed by atoms with Crippen LogP contribution in [0.5, 0.6) is 0 Å². The molecular weight excluding hydrogens is 235 g/mol. The van der Waals surface area contributed by atoms with Crippen LogP contribution in [-0.4, -0.2) is 21.0 Å². The SMILES string of the molecule is Cc1nc(C)c(C(=O)O)c(-c2cccc(F)c2)n1. The highest BCUT2D eigenvalue weighted by Crippen LogP contribution is 2.24. The van der Waals surface area contributed by atoms with Gasteiger partial charge < -0.3 is 5.11 Å². The van der Waals surface area contributed by atoms with E-state index in [1.54, 1.807) is 19.9 Å². The molecule has 0 aliphatic rings. The highest BCUT2D eigenvalue weighted by atomic mass is 19.1. The largest absolute Gasteiger partial charge is 0.478 e. The van der Waals surface area contributed by atoms with Gasteiger partial charge in [0, 0.05) is 5.56 Å². The Hall–Kier alpha value is -2.30. The van der Waals surface area contributed by atoms with Gasteiger partial charge in [-0.2, -0.15) is 0 Å². The lowest BCUT2D eigenvalue weighted by Gasteiger charge is -2.09. The third-order valence-electron chi connectivity index (χ3n) is 2.51. The second-order valence-corrected chi connectivity index (χ2v) is 3.90. The van der Waals surface area contributed by atoms with Gasteiger partial charge in [-0.25, -0.2) is 19.2 Å². The van der Waals surface area contributed by atoms with Crippen LogP contribution in [0.25, 0.3) is 11.3 Å². The Kier molecular flexibility index (Phi) is 3.06. The Morgan fingerprint density at radius 1 is 1.28 bits per heavy atom. The van der Waals surface area contributed by atoms with Crippen LogP contribution in [0.4, 0.5) is 4.39 Å². The summed E-state index contributed by atoms with van der Waals surface area (Å²) < 4.78 is 13.2. The molecule has 1 heterocycles. The van der Waals surface area contributed by atoms with Crippen LogP contribution in [0.1, 0.15) is 21.9 Å². The smallest absolute Gasteiger partial charge is 0.339 e. The van der Waals surface area contributed by atoms with Gasteiger partial charge in [0.05, 0.1) is 11.4 Å². The zero-order valence-electron chi connectivity index (χ0n) is 9.94. The minimum absolute atomic E-state index is 0.00574. The van der Waals surface area contributed by atoms with Crippen molar-refractivity contribution in [3.63, 3.8) is 0 Å². The van der Waals surface area contributed by atoms with Crippen LogP contribution in [0.3, 0.4) is 0 Å². The fourth-order valence-electron chi connectivity index (χ4n) is 1.81. The summed E-state index contributed by atoms with van der Waals surface area (Å²) in [4.78, 5) is 19.4. The number of hydrogen-bond donors (Lipinski definition) is 1. The summed E-state index contributed by atoms with van der Waals surface area (Å²) in [7, 11) is 0. The van der Waals surface area contributed by atoms with Crippen molar-refractivity contribution in [3.8, 4) is 11.3 Å².